The molecule has 168 valence electrons. The Hall–Kier alpha value is -3.65. The summed E-state index contributed by atoms with van der Waals surface area (Å²) in [5.41, 5.74) is 4.69. The first kappa shape index (κ1) is 21.2. The highest BCUT2D eigenvalue weighted by Gasteiger charge is 2.29. The Morgan fingerprint density at radius 1 is 1.15 bits per heavy atom. The van der Waals surface area contributed by atoms with Crippen LogP contribution in [0.2, 0.25) is 5.15 Å². The van der Waals surface area contributed by atoms with Crippen molar-refractivity contribution in [2.75, 3.05) is 24.8 Å². The number of ether oxygens (including phenoxy) is 1. The molecule has 2 heterocycles. The van der Waals surface area contributed by atoms with Gasteiger partial charge in [-0.2, -0.15) is 4.98 Å². The Balaban J connectivity index is 1.48. The second kappa shape index (κ2) is 8.71. The van der Waals surface area contributed by atoms with E-state index in [-0.39, 0.29) is 11.7 Å². The maximum absolute atomic E-state index is 13.4. The number of hydrogen-bond donors (Lipinski definition) is 2. The van der Waals surface area contributed by atoms with E-state index in [0.29, 0.717) is 16.9 Å². The third-order valence-electron chi connectivity index (χ3n) is 5.83. The molecule has 7 nitrogen and oxygen atoms in total. The number of aromatic nitrogens is 4. The highest BCUT2D eigenvalue weighted by molar-refractivity contribution is 6.29. The molecule has 1 atom stereocenters. The monoisotopic (exact) mass is 464 g/mol. The Labute approximate surface area is 195 Å². The zero-order valence-electron chi connectivity index (χ0n) is 18.1. The topological polar surface area (TPSA) is 76.9 Å². The molecule has 0 aliphatic heterocycles. The lowest BCUT2D eigenvalue weighted by Gasteiger charge is -2.16. The van der Waals surface area contributed by atoms with Gasteiger partial charge >= 0.3 is 0 Å². The van der Waals surface area contributed by atoms with Crippen molar-refractivity contribution >= 4 is 29.1 Å². The second-order valence-corrected chi connectivity index (χ2v) is 8.15. The van der Waals surface area contributed by atoms with Crippen molar-refractivity contribution in [3.8, 4) is 11.4 Å². The minimum atomic E-state index is -0.242. The summed E-state index contributed by atoms with van der Waals surface area (Å²) in [6.07, 6.45) is 5.12. The standard InChI is InChI=1S/C24H22ClFN6O/c1-27-23-18-9-8-17(14-3-5-15(26)6-4-14)22(18)30-24(31-23)29-16-7-10-19(20(11-16)33-2)32-12-21(25)28-13-32/h3-7,10-13,17H,8-9H2,1-2H3,(H2,27,29,30,31). The number of imidazole rings is 1. The van der Waals surface area contributed by atoms with Gasteiger partial charge in [-0.05, 0) is 42.7 Å². The first-order valence-electron chi connectivity index (χ1n) is 10.5. The number of nitrogens with zero attached hydrogens (tertiary/aromatic N) is 4. The number of hydrogen-bond acceptors (Lipinski definition) is 6. The molecular formula is C24H22ClFN6O. The van der Waals surface area contributed by atoms with Gasteiger partial charge < -0.3 is 19.9 Å². The van der Waals surface area contributed by atoms with E-state index in [1.54, 1.807) is 24.2 Å². The summed E-state index contributed by atoms with van der Waals surface area (Å²) in [5.74, 6) is 1.78. The molecular weight excluding hydrogens is 443 g/mol. The Morgan fingerprint density at radius 2 is 1.97 bits per heavy atom. The van der Waals surface area contributed by atoms with Crippen molar-refractivity contribution in [2.24, 2.45) is 0 Å². The fourth-order valence-electron chi connectivity index (χ4n) is 4.27. The lowest BCUT2D eigenvalue weighted by atomic mass is 9.97. The molecule has 0 saturated carbocycles. The fraction of sp³-hybridized carbons (Fsp3) is 0.208. The normalized spacial score (nSPS) is 14.7. The largest absolute Gasteiger partial charge is 0.494 e. The Morgan fingerprint density at radius 3 is 2.67 bits per heavy atom. The van der Waals surface area contributed by atoms with Crippen molar-refractivity contribution in [1.82, 2.24) is 19.5 Å². The molecule has 4 aromatic rings. The molecule has 0 fully saturated rings. The van der Waals surface area contributed by atoms with Crippen LogP contribution in [0.4, 0.5) is 21.8 Å². The quantitative estimate of drug-likeness (QED) is 0.402. The molecule has 1 aliphatic carbocycles. The summed E-state index contributed by atoms with van der Waals surface area (Å²) in [7, 11) is 3.46. The molecule has 2 aromatic heterocycles. The predicted molar refractivity (Wildman–Crippen MR) is 127 cm³/mol. The van der Waals surface area contributed by atoms with Crippen LogP contribution in [0.1, 0.15) is 29.2 Å². The lowest BCUT2D eigenvalue weighted by molar-refractivity contribution is 0.413. The smallest absolute Gasteiger partial charge is 0.229 e. The van der Waals surface area contributed by atoms with Gasteiger partial charge in [0.15, 0.2) is 0 Å². The summed E-state index contributed by atoms with van der Waals surface area (Å²) in [6.45, 7) is 0. The van der Waals surface area contributed by atoms with E-state index < -0.39 is 0 Å². The molecule has 2 N–H and O–H groups in total. The summed E-state index contributed by atoms with van der Waals surface area (Å²) in [5, 5.41) is 6.89. The highest BCUT2D eigenvalue weighted by Crippen LogP contribution is 2.40. The Bertz CT molecular complexity index is 1310. The fourth-order valence-corrected chi connectivity index (χ4v) is 4.42. The molecule has 0 bridgehead atoms. The molecule has 1 aliphatic rings. The number of fused-ring (bicyclic) bond motifs is 1. The summed E-state index contributed by atoms with van der Waals surface area (Å²) in [4.78, 5) is 13.6. The number of methoxy groups -OCH3 is 1. The van der Waals surface area contributed by atoms with Crippen LogP contribution >= 0.6 is 11.6 Å². The molecule has 5 rings (SSSR count). The van der Waals surface area contributed by atoms with Gasteiger partial charge in [-0.25, -0.2) is 14.4 Å². The van der Waals surface area contributed by atoms with E-state index in [1.807, 2.05) is 37.4 Å². The number of halogens is 2. The van der Waals surface area contributed by atoms with E-state index in [4.69, 9.17) is 21.3 Å². The van der Waals surface area contributed by atoms with E-state index >= 15 is 0 Å². The molecule has 9 heteroatoms. The van der Waals surface area contributed by atoms with Crippen molar-refractivity contribution in [3.63, 3.8) is 0 Å². The zero-order valence-corrected chi connectivity index (χ0v) is 18.9. The molecule has 0 radical (unpaired) electrons. The molecule has 33 heavy (non-hydrogen) atoms. The molecule has 0 spiro atoms. The van der Waals surface area contributed by atoms with Gasteiger partial charge in [-0.1, -0.05) is 23.7 Å². The van der Waals surface area contributed by atoms with Gasteiger partial charge in [0.1, 0.15) is 28.9 Å². The van der Waals surface area contributed by atoms with Crippen LogP contribution in [0.25, 0.3) is 5.69 Å². The maximum atomic E-state index is 13.4. The van der Waals surface area contributed by atoms with Gasteiger partial charge in [-0.3, -0.25) is 0 Å². The van der Waals surface area contributed by atoms with Gasteiger partial charge in [0.25, 0.3) is 0 Å². The minimum absolute atomic E-state index is 0.0964. The summed E-state index contributed by atoms with van der Waals surface area (Å²) in [6, 6.07) is 12.3. The van der Waals surface area contributed by atoms with E-state index in [2.05, 4.69) is 20.6 Å². The van der Waals surface area contributed by atoms with Crippen LogP contribution in [-0.2, 0) is 6.42 Å². The van der Waals surface area contributed by atoms with E-state index in [9.17, 15) is 4.39 Å². The van der Waals surface area contributed by atoms with Gasteiger partial charge in [0.05, 0.1) is 18.5 Å². The average molecular weight is 465 g/mol. The highest BCUT2D eigenvalue weighted by atomic mass is 35.5. The van der Waals surface area contributed by atoms with Crippen LogP contribution in [0.15, 0.2) is 55.0 Å². The molecule has 0 amide bonds. The number of anilines is 3. The molecule has 1 unspecified atom stereocenters. The third kappa shape index (κ3) is 4.09. The van der Waals surface area contributed by atoms with Crippen LogP contribution in [0.5, 0.6) is 5.75 Å². The zero-order chi connectivity index (χ0) is 22.9. The van der Waals surface area contributed by atoms with E-state index in [0.717, 1.165) is 46.9 Å². The summed E-state index contributed by atoms with van der Waals surface area (Å²) < 4.78 is 20.8. The Kier molecular flexibility index (Phi) is 5.60. The third-order valence-corrected chi connectivity index (χ3v) is 6.02. The van der Waals surface area contributed by atoms with Crippen LogP contribution in [0.3, 0.4) is 0 Å². The SMILES string of the molecule is CNc1nc(Nc2ccc(-n3cnc(Cl)c3)c(OC)c2)nc2c1CCC2c1ccc(F)cc1. The number of rotatable bonds is 6. The van der Waals surface area contributed by atoms with Gasteiger partial charge in [0, 0.05) is 36.5 Å². The predicted octanol–water partition coefficient (Wildman–Crippen LogP) is 5.33. The van der Waals surface area contributed by atoms with Gasteiger partial charge in [0.2, 0.25) is 5.95 Å². The van der Waals surface area contributed by atoms with Crippen molar-refractivity contribution < 1.29 is 9.13 Å². The molecule has 2 aromatic carbocycles. The minimum Gasteiger partial charge on any atom is -0.494 e. The average Bonchev–Trinajstić information content (AvgIpc) is 3.45. The molecule has 0 saturated heterocycles. The van der Waals surface area contributed by atoms with Crippen LogP contribution < -0.4 is 15.4 Å². The first-order valence-corrected chi connectivity index (χ1v) is 10.9. The number of benzene rings is 2. The van der Waals surface area contributed by atoms with Crippen molar-refractivity contribution in [1.29, 1.82) is 0 Å². The number of nitrogens with one attached hydrogen (secondary N) is 2. The van der Waals surface area contributed by atoms with Crippen molar-refractivity contribution in [2.45, 2.75) is 18.8 Å². The lowest BCUT2D eigenvalue weighted by Crippen LogP contribution is -2.08. The first-order chi connectivity index (χ1) is 16.1. The maximum Gasteiger partial charge on any atom is 0.229 e. The van der Waals surface area contributed by atoms with E-state index in [1.165, 1.54) is 12.1 Å². The summed E-state index contributed by atoms with van der Waals surface area (Å²) >= 11 is 5.96. The van der Waals surface area contributed by atoms with Crippen molar-refractivity contribution in [3.05, 3.63) is 82.8 Å². The van der Waals surface area contributed by atoms with Crippen LogP contribution in [-0.4, -0.2) is 33.7 Å². The van der Waals surface area contributed by atoms with Gasteiger partial charge in [-0.15, -0.1) is 0 Å². The van der Waals surface area contributed by atoms with Crippen LogP contribution in [0, 0.1) is 5.82 Å². The second-order valence-electron chi connectivity index (χ2n) is 7.77.